The lowest BCUT2D eigenvalue weighted by Gasteiger charge is -2.14. The number of amides is 1. The molecule has 0 saturated heterocycles. The van der Waals surface area contributed by atoms with Gasteiger partial charge in [0.25, 0.3) is 5.91 Å². The number of nitrogens with two attached hydrogens (primary N) is 1. The van der Waals surface area contributed by atoms with E-state index >= 15 is 0 Å². The molecule has 1 heterocycles. The average molecular weight is 385 g/mol. The van der Waals surface area contributed by atoms with Crippen molar-refractivity contribution in [1.29, 1.82) is 0 Å². The number of carbonyl (C=O) groups is 1. The SMILES string of the molecule is C=C1C(CCOc2ccc(F)c(C(N)=O)c2F)=C(C)OC1c1ccc(C)cc1. The number of hydrogen-bond donors (Lipinski definition) is 1. The lowest BCUT2D eigenvalue weighted by atomic mass is 9.96. The molecule has 2 aromatic carbocycles. The maximum atomic E-state index is 14.2. The van der Waals surface area contributed by atoms with Gasteiger partial charge in [0.05, 0.1) is 12.4 Å². The van der Waals surface area contributed by atoms with Gasteiger partial charge >= 0.3 is 0 Å². The first-order valence-corrected chi connectivity index (χ1v) is 8.82. The van der Waals surface area contributed by atoms with E-state index in [4.69, 9.17) is 15.2 Å². The van der Waals surface area contributed by atoms with Crippen molar-refractivity contribution in [3.63, 3.8) is 0 Å². The van der Waals surface area contributed by atoms with Crippen LogP contribution >= 0.6 is 0 Å². The molecule has 0 aliphatic carbocycles. The Morgan fingerprint density at radius 2 is 1.86 bits per heavy atom. The summed E-state index contributed by atoms with van der Waals surface area (Å²) in [7, 11) is 0. The van der Waals surface area contributed by atoms with E-state index in [-0.39, 0.29) is 18.5 Å². The van der Waals surface area contributed by atoms with Crippen LogP contribution in [0.5, 0.6) is 5.75 Å². The van der Waals surface area contributed by atoms with Gasteiger partial charge in [-0.3, -0.25) is 4.79 Å². The van der Waals surface area contributed by atoms with Gasteiger partial charge in [-0.15, -0.1) is 0 Å². The number of ether oxygens (including phenoxy) is 2. The van der Waals surface area contributed by atoms with E-state index in [9.17, 15) is 13.6 Å². The monoisotopic (exact) mass is 385 g/mol. The first-order chi connectivity index (χ1) is 13.3. The van der Waals surface area contributed by atoms with E-state index < -0.39 is 23.1 Å². The topological polar surface area (TPSA) is 61.5 Å². The van der Waals surface area contributed by atoms with Gasteiger partial charge in [0, 0.05) is 6.42 Å². The molecule has 0 aromatic heterocycles. The Morgan fingerprint density at radius 1 is 1.18 bits per heavy atom. The normalized spacial score (nSPS) is 16.3. The molecule has 1 atom stereocenters. The van der Waals surface area contributed by atoms with Gasteiger partial charge in [0.15, 0.2) is 11.6 Å². The van der Waals surface area contributed by atoms with Crippen LogP contribution in [-0.2, 0) is 4.74 Å². The zero-order valence-corrected chi connectivity index (χ0v) is 15.7. The fraction of sp³-hybridized carbons (Fsp3) is 0.227. The largest absolute Gasteiger partial charge is 0.490 e. The summed E-state index contributed by atoms with van der Waals surface area (Å²) >= 11 is 0. The summed E-state index contributed by atoms with van der Waals surface area (Å²) in [4.78, 5) is 11.2. The third-order valence-electron chi connectivity index (χ3n) is 4.72. The van der Waals surface area contributed by atoms with Gasteiger partial charge in [0.1, 0.15) is 17.5 Å². The van der Waals surface area contributed by atoms with Crippen molar-refractivity contribution in [2.24, 2.45) is 5.73 Å². The molecule has 1 aliphatic heterocycles. The highest BCUT2D eigenvalue weighted by molar-refractivity contribution is 5.93. The van der Waals surface area contributed by atoms with Crippen LogP contribution in [0.2, 0.25) is 0 Å². The Hall–Kier alpha value is -3.15. The average Bonchev–Trinajstić information content (AvgIpc) is 2.92. The molecule has 1 aliphatic rings. The molecule has 0 fully saturated rings. The van der Waals surface area contributed by atoms with Crippen LogP contribution in [-0.4, -0.2) is 12.5 Å². The highest BCUT2D eigenvalue weighted by Gasteiger charge is 2.29. The number of rotatable bonds is 6. The smallest absolute Gasteiger partial charge is 0.254 e. The molecule has 0 spiro atoms. The fourth-order valence-electron chi connectivity index (χ4n) is 3.18. The molecule has 3 rings (SSSR count). The highest BCUT2D eigenvalue weighted by atomic mass is 19.1. The van der Waals surface area contributed by atoms with E-state index in [0.29, 0.717) is 6.42 Å². The molecule has 2 N–H and O–H groups in total. The first kappa shape index (κ1) is 19.6. The summed E-state index contributed by atoms with van der Waals surface area (Å²) in [5.41, 5.74) is 8.08. The van der Waals surface area contributed by atoms with Crippen LogP contribution in [0, 0.1) is 18.6 Å². The number of allylic oxidation sites excluding steroid dienone is 1. The van der Waals surface area contributed by atoms with Crippen molar-refractivity contribution in [2.45, 2.75) is 26.4 Å². The van der Waals surface area contributed by atoms with Crippen molar-refractivity contribution in [3.8, 4) is 5.75 Å². The predicted molar refractivity (Wildman–Crippen MR) is 102 cm³/mol. The van der Waals surface area contributed by atoms with Gasteiger partial charge in [-0.05, 0) is 42.7 Å². The summed E-state index contributed by atoms with van der Waals surface area (Å²) in [6.45, 7) is 8.10. The molecule has 0 radical (unpaired) electrons. The second-order valence-corrected chi connectivity index (χ2v) is 6.67. The lowest BCUT2D eigenvalue weighted by molar-refractivity contribution is 0.0991. The van der Waals surface area contributed by atoms with Crippen molar-refractivity contribution in [2.75, 3.05) is 6.61 Å². The molecule has 4 nitrogen and oxygen atoms in total. The molecular formula is C22H21F2NO3. The van der Waals surface area contributed by atoms with Gasteiger partial charge in [-0.1, -0.05) is 36.4 Å². The summed E-state index contributed by atoms with van der Waals surface area (Å²) in [5, 5.41) is 0. The quantitative estimate of drug-likeness (QED) is 0.781. The van der Waals surface area contributed by atoms with Crippen LogP contribution in [0.25, 0.3) is 0 Å². The first-order valence-electron chi connectivity index (χ1n) is 8.82. The van der Waals surface area contributed by atoms with E-state index in [0.717, 1.165) is 40.2 Å². The number of benzene rings is 2. The summed E-state index contributed by atoms with van der Waals surface area (Å²) < 4.78 is 39.1. The minimum absolute atomic E-state index is 0.108. The number of hydrogen-bond acceptors (Lipinski definition) is 3. The fourth-order valence-corrected chi connectivity index (χ4v) is 3.18. The van der Waals surface area contributed by atoms with Crippen LogP contribution < -0.4 is 10.5 Å². The molecule has 6 heteroatoms. The molecule has 1 amide bonds. The van der Waals surface area contributed by atoms with Gasteiger partial charge in [-0.2, -0.15) is 0 Å². The Bertz CT molecular complexity index is 964. The highest BCUT2D eigenvalue weighted by Crippen LogP contribution is 2.41. The van der Waals surface area contributed by atoms with Crippen LogP contribution in [0.1, 0.15) is 40.9 Å². The summed E-state index contributed by atoms with van der Waals surface area (Å²) in [6, 6.07) is 10.1. The maximum absolute atomic E-state index is 14.2. The van der Waals surface area contributed by atoms with Crippen molar-refractivity contribution < 1.29 is 23.0 Å². The maximum Gasteiger partial charge on any atom is 0.254 e. The van der Waals surface area contributed by atoms with E-state index in [1.165, 1.54) is 0 Å². The minimum Gasteiger partial charge on any atom is -0.490 e. The number of halogens is 2. The molecular weight excluding hydrogens is 364 g/mol. The molecule has 2 aromatic rings. The lowest BCUT2D eigenvalue weighted by Crippen LogP contribution is -2.16. The number of primary amides is 1. The molecule has 146 valence electrons. The second-order valence-electron chi connectivity index (χ2n) is 6.67. The third-order valence-corrected chi connectivity index (χ3v) is 4.72. The van der Waals surface area contributed by atoms with Gasteiger partial charge in [0.2, 0.25) is 0 Å². The van der Waals surface area contributed by atoms with E-state index in [2.05, 4.69) is 6.58 Å². The van der Waals surface area contributed by atoms with E-state index in [1.54, 1.807) is 0 Å². The molecule has 1 unspecified atom stereocenters. The van der Waals surface area contributed by atoms with Crippen molar-refractivity contribution >= 4 is 5.91 Å². The Morgan fingerprint density at radius 3 is 2.50 bits per heavy atom. The van der Waals surface area contributed by atoms with Gasteiger partial charge < -0.3 is 15.2 Å². The minimum atomic E-state index is -1.18. The predicted octanol–water partition coefficient (Wildman–Crippen LogP) is 4.74. The number of aryl methyl sites for hydroxylation is 1. The summed E-state index contributed by atoms with van der Waals surface area (Å²) in [6.07, 6.45) is 0.162. The van der Waals surface area contributed by atoms with Crippen LogP contribution in [0.15, 0.2) is 59.9 Å². The zero-order chi connectivity index (χ0) is 20.4. The molecule has 0 saturated carbocycles. The Balaban J connectivity index is 1.68. The zero-order valence-electron chi connectivity index (χ0n) is 15.7. The standard InChI is InChI=1S/C22H21F2NO3/c1-12-4-6-15(7-5-12)21-13(2)16(14(3)28-21)10-11-27-18-9-8-17(23)19(20(18)24)22(25)26/h4-9,21H,2,10-11H2,1,3H3,(H2,25,26). The number of carbonyl (C=O) groups excluding carboxylic acids is 1. The third kappa shape index (κ3) is 3.76. The second kappa shape index (κ2) is 7.84. The van der Waals surface area contributed by atoms with Gasteiger partial charge in [-0.25, -0.2) is 8.78 Å². The van der Waals surface area contributed by atoms with Crippen LogP contribution in [0.3, 0.4) is 0 Å². The molecule has 0 bridgehead atoms. The Kier molecular flexibility index (Phi) is 5.49. The summed E-state index contributed by atoms with van der Waals surface area (Å²) in [5.74, 6) is -2.80. The molecule has 28 heavy (non-hydrogen) atoms. The van der Waals surface area contributed by atoms with Crippen LogP contribution in [0.4, 0.5) is 8.78 Å². The van der Waals surface area contributed by atoms with E-state index in [1.807, 2.05) is 38.1 Å². The van der Waals surface area contributed by atoms with Crippen molar-refractivity contribution in [1.82, 2.24) is 0 Å². The Labute approximate surface area is 162 Å². The van der Waals surface area contributed by atoms with Crippen molar-refractivity contribution in [3.05, 3.63) is 88.2 Å².